The number of carbonyl (C=O) groups is 1. The summed E-state index contributed by atoms with van der Waals surface area (Å²) in [4.78, 5) is 29.1. The summed E-state index contributed by atoms with van der Waals surface area (Å²) in [5.41, 5.74) is 3.86. The van der Waals surface area contributed by atoms with E-state index < -0.39 is 11.7 Å². The largest absolute Gasteiger partial charge is 0.416 e. The Hall–Kier alpha value is -4.78. The number of halogens is 4. The Morgan fingerprint density at radius 3 is 2.15 bits per heavy atom. The highest BCUT2D eigenvalue weighted by molar-refractivity contribution is 7.98. The summed E-state index contributed by atoms with van der Waals surface area (Å²) < 4.78 is 56.4. The molecule has 1 aliphatic rings. The fourth-order valence-corrected chi connectivity index (χ4v) is 6.54. The molecular weight excluding hydrogens is 632 g/mol. The highest BCUT2D eigenvalue weighted by atomic mass is 32.2. The van der Waals surface area contributed by atoms with Crippen LogP contribution in [0.2, 0.25) is 0 Å². The maximum absolute atomic E-state index is 13.5. The third-order valence-electron chi connectivity index (χ3n) is 8.02. The lowest BCUT2D eigenvalue weighted by molar-refractivity contribution is -0.137. The zero-order valence-electron chi connectivity index (χ0n) is 25.4. The molecule has 0 aliphatic heterocycles. The molecule has 3 aromatic carbocycles. The van der Waals surface area contributed by atoms with Gasteiger partial charge in [-0.1, -0.05) is 60.3 Å². The number of aromatic nitrogens is 5. The van der Waals surface area contributed by atoms with E-state index in [4.69, 9.17) is 0 Å². The van der Waals surface area contributed by atoms with E-state index in [1.807, 2.05) is 33.4 Å². The van der Waals surface area contributed by atoms with Crippen LogP contribution in [0.15, 0.2) is 82.7 Å². The van der Waals surface area contributed by atoms with Gasteiger partial charge in [0, 0.05) is 23.9 Å². The molecule has 0 fully saturated rings. The van der Waals surface area contributed by atoms with E-state index in [1.165, 1.54) is 43.0 Å². The number of rotatable bonds is 10. The topological polar surface area (TPSA) is 94.7 Å². The van der Waals surface area contributed by atoms with Crippen LogP contribution in [0.5, 0.6) is 0 Å². The molecule has 6 rings (SSSR count). The number of hydrogen-bond donors (Lipinski definition) is 1. The third kappa shape index (κ3) is 7.46. The van der Waals surface area contributed by atoms with E-state index in [-0.39, 0.29) is 30.4 Å². The van der Waals surface area contributed by atoms with Crippen LogP contribution in [0.25, 0.3) is 11.1 Å². The number of carbonyl (C=O) groups excluding carboxylic acids is 1. The Bertz CT molecular complexity index is 1950. The van der Waals surface area contributed by atoms with Crippen molar-refractivity contribution in [2.45, 2.75) is 62.9 Å². The normalized spacial score (nSPS) is 12.7. The van der Waals surface area contributed by atoms with E-state index in [1.54, 1.807) is 12.1 Å². The van der Waals surface area contributed by atoms with Gasteiger partial charge in [-0.05, 0) is 65.8 Å². The fraction of sp³-hybridized carbons (Fsp3) is 0.265. The van der Waals surface area contributed by atoms with Crippen molar-refractivity contribution in [2.75, 3.05) is 0 Å². The van der Waals surface area contributed by atoms with Crippen molar-refractivity contribution in [1.82, 2.24) is 29.6 Å². The summed E-state index contributed by atoms with van der Waals surface area (Å²) >= 11 is 1.39. The Kier molecular flexibility index (Phi) is 9.26. The summed E-state index contributed by atoms with van der Waals surface area (Å²) in [6.45, 7) is 2.21. The molecule has 0 radical (unpaired) electrons. The number of fused-ring (bicyclic) bond motifs is 1. The molecule has 47 heavy (non-hydrogen) atoms. The number of hydrogen-bond acceptors (Lipinski definition) is 6. The van der Waals surface area contributed by atoms with Gasteiger partial charge in [0.1, 0.15) is 5.82 Å². The summed E-state index contributed by atoms with van der Waals surface area (Å²) in [6, 6.07) is 18.7. The van der Waals surface area contributed by atoms with Gasteiger partial charge in [0.2, 0.25) is 5.91 Å². The minimum atomic E-state index is -4.40. The summed E-state index contributed by atoms with van der Waals surface area (Å²) in [7, 11) is 0. The third-order valence-corrected chi connectivity index (χ3v) is 9.07. The number of thioether (sulfide) groups is 1. The van der Waals surface area contributed by atoms with Gasteiger partial charge in [-0.15, -0.1) is 10.2 Å². The van der Waals surface area contributed by atoms with Gasteiger partial charge in [-0.2, -0.15) is 18.2 Å². The molecule has 8 nitrogen and oxygen atoms in total. The number of nitrogens with one attached hydrogen (secondary N) is 1. The number of alkyl halides is 3. The summed E-state index contributed by atoms with van der Waals surface area (Å²) in [6.07, 6.45) is -2.20. The van der Waals surface area contributed by atoms with E-state index in [0.29, 0.717) is 46.7 Å². The molecule has 1 N–H and O–H groups in total. The first-order valence-electron chi connectivity index (χ1n) is 15.0. The first-order chi connectivity index (χ1) is 22.5. The Balaban J connectivity index is 1.30. The predicted molar refractivity (Wildman–Crippen MR) is 169 cm³/mol. The Labute approximate surface area is 271 Å². The van der Waals surface area contributed by atoms with Crippen molar-refractivity contribution in [3.05, 3.63) is 129 Å². The smallest absolute Gasteiger partial charge is 0.349 e. The van der Waals surface area contributed by atoms with Gasteiger partial charge in [-0.25, -0.2) is 4.39 Å². The lowest BCUT2D eigenvalue weighted by Gasteiger charge is -2.18. The fourth-order valence-electron chi connectivity index (χ4n) is 5.57. The van der Waals surface area contributed by atoms with Crippen LogP contribution in [-0.4, -0.2) is 30.2 Å². The molecule has 2 heterocycles. The average molecular weight is 663 g/mol. The van der Waals surface area contributed by atoms with Gasteiger partial charge in [-0.3, -0.25) is 9.59 Å². The van der Waals surface area contributed by atoms with Crippen molar-refractivity contribution in [1.29, 1.82) is 0 Å². The second kappa shape index (κ2) is 13.5. The lowest BCUT2D eigenvalue weighted by Crippen LogP contribution is -2.24. The minimum absolute atomic E-state index is 0.151. The molecule has 242 valence electrons. The van der Waals surface area contributed by atoms with E-state index in [9.17, 15) is 27.2 Å². The first-order valence-corrected chi connectivity index (χ1v) is 16.0. The number of benzene rings is 3. The molecule has 0 atom stereocenters. The van der Waals surface area contributed by atoms with Crippen LogP contribution in [0.1, 0.15) is 52.9 Å². The Morgan fingerprint density at radius 1 is 0.851 bits per heavy atom. The van der Waals surface area contributed by atoms with Gasteiger partial charge in [0.05, 0.1) is 25.2 Å². The zero-order valence-corrected chi connectivity index (χ0v) is 26.2. The summed E-state index contributed by atoms with van der Waals surface area (Å²) in [5.74, 6) is 1.07. The van der Waals surface area contributed by atoms with Gasteiger partial charge in [0.15, 0.2) is 16.8 Å². The van der Waals surface area contributed by atoms with E-state index >= 15 is 0 Å². The zero-order chi connectivity index (χ0) is 33.1. The molecule has 1 aliphatic carbocycles. The molecule has 2 aromatic heterocycles. The molecule has 0 bridgehead atoms. The van der Waals surface area contributed by atoms with Crippen LogP contribution < -0.4 is 10.9 Å². The van der Waals surface area contributed by atoms with Crippen molar-refractivity contribution >= 4 is 17.7 Å². The van der Waals surface area contributed by atoms with Crippen molar-refractivity contribution in [2.24, 2.45) is 0 Å². The van der Waals surface area contributed by atoms with Crippen LogP contribution in [-0.2, 0) is 49.2 Å². The number of nitrogens with zero attached hydrogens (tertiary/aromatic N) is 5. The molecule has 0 unspecified atom stereocenters. The second-order valence-corrected chi connectivity index (χ2v) is 12.2. The molecule has 5 aromatic rings. The molecular formula is C34H30F4N6O2S. The maximum Gasteiger partial charge on any atom is 0.416 e. The highest BCUT2D eigenvalue weighted by Crippen LogP contribution is 2.31. The quantitative estimate of drug-likeness (QED) is 0.109. The minimum Gasteiger partial charge on any atom is -0.349 e. The van der Waals surface area contributed by atoms with E-state index in [0.717, 1.165) is 47.4 Å². The molecule has 1 amide bonds. The molecule has 0 saturated carbocycles. The lowest BCUT2D eigenvalue weighted by atomic mass is 10.0. The molecule has 0 spiro atoms. The average Bonchev–Trinajstić information content (AvgIpc) is 3.69. The van der Waals surface area contributed by atoms with E-state index in [2.05, 4.69) is 20.5 Å². The van der Waals surface area contributed by atoms with Gasteiger partial charge < -0.3 is 14.5 Å². The van der Waals surface area contributed by atoms with Crippen LogP contribution >= 0.6 is 11.8 Å². The standard InChI is InChI=1S/C34H30F4N6O2S/c1-21(45)39-17-30-41-42-31(44(30)18-22-5-9-24(10-6-22)25-11-13-26(14-12-25)34(36,37)38)19-43-29-4-2-3-28(29)32(46)40-33(43)47-20-23-7-15-27(35)16-8-23/h5-16H,2-4,17-20H2,1H3,(H,39,45). The van der Waals surface area contributed by atoms with Crippen LogP contribution in [0.4, 0.5) is 17.6 Å². The highest BCUT2D eigenvalue weighted by Gasteiger charge is 2.30. The number of amides is 1. The molecule has 13 heteroatoms. The van der Waals surface area contributed by atoms with Crippen molar-refractivity contribution < 1.29 is 22.4 Å². The van der Waals surface area contributed by atoms with Crippen LogP contribution in [0.3, 0.4) is 0 Å². The SMILES string of the molecule is CC(=O)NCc1nnc(Cn2c(SCc3ccc(F)cc3)nc(=O)c3c2CCC3)n1Cc1ccc(-c2ccc(C(F)(F)F)cc2)cc1. The predicted octanol–water partition coefficient (Wildman–Crippen LogP) is 6.17. The van der Waals surface area contributed by atoms with Gasteiger partial charge in [0.25, 0.3) is 5.56 Å². The second-order valence-electron chi connectivity index (χ2n) is 11.3. The van der Waals surface area contributed by atoms with Crippen molar-refractivity contribution in [3.63, 3.8) is 0 Å². The van der Waals surface area contributed by atoms with Crippen molar-refractivity contribution in [3.8, 4) is 11.1 Å². The Morgan fingerprint density at radius 2 is 1.49 bits per heavy atom. The molecule has 0 saturated heterocycles. The first kappa shape index (κ1) is 32.2. The van der Waals surface area contributed by atoms with Crippen LogP contribution in [0, 0.1) is 5.82 Å². The van der Waals surface area contributed by atoms with Gasteiger partial charge >= 0.3 is 6.18 Å². The maximum atomic E-state index is 13.5. The monoisotopic (exact) mass is 662 g/mol. The summed E-state index contributed by atoms with van der Waals surface area (Å²) in [5, 5.41) is 12.2.